The molecule has 0 aromatic carbocycles. The molecule has 74 valence electrons. The van der Waals surface area contributed by atoms with Crippen LogP contribution in [0.4, 0.5) is 4.79 Å². The Labute approximate surface area is 80.1 Å². The molecule has 0 heterocycles. The summed E-state index contributed by atoms with van der Waals surface area (Å²) in [7, 11) is 0. The van der Waals surface area contributed by atoms with Gasteiger partial charge in [0, 0.05) is 6.54 Å². The highest BCUT2D eigenvalue weighted by atomic mass is 16.6. The smallest absolute Gasteiger partial charge is 0.411 e. The van der Waals surface area contributed by atoms with Crippen molar-refractivity contribution in [1.82, 2.24) is 4.90 Å². The van der Waals surface area contributed by atoms with Crippen molar-refractivity contribution in [3.8, 4) is 12.3 Å². The maximum Gasteiger partial charge on any atom is 0.411 e. The third kappa shape index (κ3) is 5.13. The van der Waals surface area contributed by atoms with E-state index in [1.54, 1.807) is 0 Å². The van der Waals surface area contributed by atoms with Gasteiger partial charge in [-0.1, -0.05) is 5.92 Å². The maximum absolute atomic E-state index is 11.4. The molecule has 0 unspecified atom stereocenters. The van der Waals surface area contributed by atoms with Gasteiger partial charge in [-0.15, -0.1) is 6.42 Å². The van der Waals surface area contributed by atoms with Crippen LogP contribution in [0, 0.1) is 12.3 Å². The molecule has 1 amide bonds. The Morgan fingerprint density at radius 3 is 2.38 bits per heavy atom. The standard InChI is InChI=1S/C10H17NO2/c1-6-8-11(7-2)9(12)13-10(3,4)5/h1H,7-8H2,2-5H3. The number of nitrogens with zero attached hydrogens (tertiary/aromatic N) is 1. The molecule has 0 saturated heterocycles. The Balaban J connectivity index is 4.16. The minimum Gasteiger partial charge on any atom is -0.444 e. The maximum atomic E-state index is 11.4. The molecule has 0 aliphatic carbocycles. The molecule has 0 bridgehead atoms. The summed E-state index contributed by atoms with van der Waals surface area (Å²) in [4.78, 5) is 12.9. The van der Waals surface area contributed by atoms with E-state index in [1.165, 1.54) is 4.90 Å². The molecule has 0 N–H and O–H groups in total. The van der Waals surface area contributed by atoms with Gasteiger partial charge in [-0.2, -0.15) is 0 Å². The summed E-state index contributed by atoms with van der Waals surface area (Å²) in [6.07, 6.45) is 4.75. The van der Waals surface area contributed by atoms with Crippen molar-refractivity contribution in [1.29, 1.82) is 0 Å². The Morgan fingerprint density at radius 1 is 1.54 bits per heavy atom. The van der Waals surface area contributed by atoms with Crippen LogP contribution in [-0.4, -0.2) is 29.7 Å². The van der Waals surface area contributed by atoms with Crippen molar-refractivity contribution < 1.29 is 9.53 Å². The zero-order chi connectivity index (χ0) is 10.5. The van der Waals surface area contributed by atoms with Gasteiger partial charge in [-0.25, -0.2) is 4.79 Å². The van der Waals surface area contributed by atoms with Crippen LogP contribution in [0.25, 0.3) is 0 Å². The number of rotatable bonds is 2. The molecule has 3 heteroatoms. The Bertz CT molecular complexity index is 210. The Morgan fingerprint density at radius 2 is 2.08 bits per heavy atom. The minimum atomic E-state index is -0.459. The lowest BCUT2D eigenvalue weighted by molar-refractivity contribution is 0.0285. The molecular weight excluding hydrogens is 166 g/mol. The van der Waals surface area contributed by atoms with Gasteiger partial charge in [0.05, 0.1) is 6.54 Å². The van der Waals surface area contributed by atoms with E-state index in [4.69, 9.17) is 11.2 Å². The zero-order valence-electron chi connectivity index (χ0n) is 8.76. The third-order valence-corrected chi connectivity index (χ3v) is 1.32. The predicted octanol–water partition coefficient (Wildman–Crippen LogP) is 1.88. The van der Waals surface area contributed by atoms with Crippen LogP contribution in [0.1, 0.15) is 27.7 Å². The quantitative estimate of drug-likeness (QED) is 0.612. The lowest BCUT2D eigenvalue weighted by Crippen LogP contribution is -2.36. The van der Waals surface area contributed by atoms with Gasteiger partial charge in [-0.3, -0.25) is 4.90 Å². The summed E-state index contributed by atoms with van der Waals surface area (Å²) in [6, 6.07) is 0. The van der Waals surface area contributed by atoms with Crippen molar-refractivity contribution in [3.63, 3.8) is 0 Å². The van der Waals surface area contributed by atoms with Crippen molar-refractivity contribution in [2.75, 3.05) is 13.1 Å². The van der Waals surface area contributed by atoms with E-state index in [-0.39, 0.29) is 6.09 Å². The number of hydrogen-bond donors (Lipinski definition) is 0. The van der Waals surface area contributed by atoms with Gasteiger partial charge in [-0.05, 0) is 27.7 Å². The summed E-state index contributed by atoms with van der Waals surface area (Å²) >= 11 is 0. The van der Waals surface area contributed by atoms with Gasteiger partial charge in [0.25, 0.3) is 0 Å². The third-order valence-electron chi connectivity index (χ3n) is 1.32. The van der Waals surface area contributed by atoms with E-state index in [0.29, 0.717) is 13.1 Å². The average Bonchev–Trinajstić information content (AvgIpc) is 1.96. The van der Waals surface area contributed by atoms with E-state index in [2.05, 4.69) is 5.92 Å². The highest BCUT2D eigenvalue weighted by Gasteiger charge is 2.19. The van der Waals surface area contributed by atoms with Crippen molar-refractivity contribution in [2.24, 2.45) is 0 Å². The molecular formula is C10H17NO2. The first kappa shape index (κ1) is 11.8. The second-order valence-electron chi connectivity index (χ2n) is 3.70. The fraction of sp³-hybridized carbons (Fsp3) is 0.700. The Kier molecular flexibility index (Phi) is 4.33. The van der Waals surface area contributed by atoms with Gasteiger partial charge >= 0.3 is 6.09 Å². The van der Waals surface area contributed by atoms with Crippen molar-refractivity contribution >= 4 is 6.09 Å². The van der Waals surface area contributed by atoms with Gasteiger partial charge in [0.15, 0.2) is 0 Å². The number of carbonyl (C=O) groups is 1. The number of carbonyl (C=O) groups excluding carboxylic acids is 1. The average molecular weight is 183 g/mol. The molecule has 13 heavy (non-hydrogen) atoms. The molecule has 3 nitrogen and oxygen atoms in total. The molecule has 0 aromatic rings. The van der Waals surface area contributed by atoms with Gasteiger partial charge < -0.3 is 4.74 Å². The highest BCUT2D eigenvalue weighted by molar-refractivity contribution is 5.68. The summed E-state index contributed by atoms with van der Waals surface area (Å²) in [5.41, 5.74) is -0.459. The van der Waals surface area contributed by atoms with E-state index in [9.17, 15) is 4.79 Å². The number of amides is 1. The number of terminal acetylenes is 1. The zero-order valence-corrected chi connectivity index (χ0v) is 8.76. The topological polar surface area (TPSA) is 29.5 Å². The fourth-order valence-corrected chi connectivity index (χ4v) is 0.742. The van der Waals surface area contributed by atoms with E-state index in [1.807, 2.05) is 27.7 Å². The highest BCUT2D eigenvalue weighted by Crippen LogP contribution is 2.09. The summed E-state index contributed by atoms with van der Waals surface area (Å²) < 4.78 is 5.13. The first-order chi connectivity index (χ1) is 5.90. The van der Waals surface area contributed by atoms with Crippen LogP contribution in [0.3, 0.4) is 0 Å². The van der Waals surface area contributed by atoms with Crippen LogP contribution in [-0.2, 0) is 4.74 Å². The lowest BCUT2D eigenvalue weighted by Gasteiger charge is -2.25. The minimum absolute atomic E-state index is 0.297. The summed E-state index contributed by atoms with van der Waals surface area (Å²) in [6.45, 7) is 8.21. The van der Waals surface area contributed by atoms with Gasteiger partial charge in [0.2, 0.25) is 0 Å². The van der Waals surface area contributed by atoms with Crippen LogP contribution >= 0.6 is 0 Å². The molecule has 0 radical (unpaired) electrons. The second-order valence-corrected chi connectivity index (χ2v) is 3.70. The molecule has 0 aromatic heterocycles. The van der Waals surface area contributed by atoms with Crippen LogP contribution < -0.4 is 0 Å². The largest absolute Gasteiger partial charge is 0.444 e. The second kappa shape index (κ2) is 4.76. The number of hydrogen-bond acceptors (Lipinski definition) is 2. The molecule has 0 spiro atoms. The van der Waals surface area contributed by atoms with Crippen LogP contribution in [0.15, 0.2) is 0 Å². The predicted molar refractivity (Wildman–Crippen MR) is 52.3 cm³/mol. The molecule has 0 saturated carbocycles. The molecule has 0 aliphatic rings. The van der Waals surface area contributed by atoms with Crippen LogP contribution in [0.5, 0.6) is 0 Å². The molecule has 0 aliphatic heterocycles. The molecule has 0 atom stereocenters. The normalized spacial score (nSPS) is 10.4. The van der Waals surface area contributed by atoms with Crippen molar-refractivity contribution in [3.05, 3.63) is 0 Å². The lowest BCUT2D eigenvalue weighted by atomic mass is 10.2. The summed E-state index contributed by atoms with van der Waals surface area (Å²) in [5.74, 6) is 2.41. The SMILES string of the molecule is C#CCN(CC)C(=O)OC(C)(C)C. The number of ether oxygens (including phenoxy) is 1. The van der Waals surface area contributed by atoms with Gasteiger partial charge in [0.1, 0.15) is 5.60 Å². The first-order valence-electron chi connectivity index (χ1n) is 4.32. The molecule has 0 fully saturated rings. The van der Waals surface area contributed by atoms with E-state index >= 15 is 0 Å². The van der Waals surface area contributed by atoms with Crippen LogP contribution in [0.2, 0.25) is 0 Å². The fourth-order valence-electron chi connectivity index (χ4n) is 0.742. The Hall–Kier alpha value is -1.17. The summed E-state index contributed by atoms with van der Waals surface area (Å²) in [5, 5.41) is 0. The molecule has 0 rings (SSSR count). The van der Waals surface area contributed by atoms with E-state index < -0.39 is 5.60 Å². The monoisotopic (exact) mass is 183 g/mol. The first-order valence-corrected chi connectivity index (χ1v) is 4.32. The van der Waals surface area contributed by atoms with Crippen molar-refractivity contribution in [2.45, 2.75) is 33.3 Å². The van der Waals surface area contributed by atoms with E-state index in [0.717, 1.165) is 0 Å².